The first-order valence-electron chi connectivity index (χ1n) is 20.1. The zero-order chi connectivity index (χ0) is 39.3. The van der Waals surface area contributed by atoms with Crippen LogP contribution in [-0.4, -0.2) is 80.8 Å². The third-order valence-corrected chi connectivity index (χ3v) is 13.2. The van der Waals surface area contributed by atoms with Crippen molar-refractivity contribution in [3.8, 4) is 29.6 Å². The molecular formula is C43H44F3N7O4. The van der Waals surface area contributed by atoms with Crippen LogP contribution in [0.5, 0.6) is 6.01 Å². The van der Waals surface area contributed by atoms with Crippen LogP contribution in [0.2, 0.25) is 0 Å². The van der Waals surface area contributed by atoms with Gasteiger partial charge in [0.1, 0.15) is 35.6 Å². The number of terminal acetylenes is 1. The summed E-state index contributed by atoms with van der Waals surface area (Å²) >= 11 is 0. The molecule has 10 rings (SSSR count). The van der Waals surface area contributed by atoms with E-state index in [1.165, 1.54) is 6.07 Å². The zero-order valence-corrected chi connectivity index (χ0v) is 32.0. The highest BCUT2D eigenvalue weighted by Gasteiger charge is 2.50. The molecule has 0 unspecified atom stereocenters. The molecule has 11 nitrogen and oxygen atoms in total. The number of benzene rings is 2. The number of rotatable bonds is 7. The fraction of sp³-hybridized carbons (Fsp3) is 0.488. The summed E-state index contributed by atoms with van der Waals surface area (Å²) < 4.78 is 65.0. The maximum Gasteiger partial charge on any atom is 0.519 e. The van der Waals surface area contributed by atoms with E-state index in [1.807, 2.05) is 13.8 Å². The fourth-order valence-corrected chi connectivity index (χ4v) is 10.8. The third-order valence-electron chi connectivity index (χ3n) is 13.2. The number of hydrogen-bond donors (Lipinski definition) is 1. The smallest absolute Gasteiger partial charge is 0.461 e. The molecule has 2 aromatic carbocycles. The molecule has 0 saturated carbocycles. The highest BCUT2D eigenvalue weighted by molar-refractivity contribution is 6.04. The van der Waals surface area contributed by atoms with Gasteiger partial charge < -0.3 is 24.2 Å². The third kappa shape index (κ3) is 5.79. The van der Waals surface area contributed by atoms with Crippen molar-refractivity contribution in [2.75, 3.05) is 36.9 Å². The predicted octanol–water partition coefficient (Wildman–Crippen LogP) is 6.87. The van der Waals surface area contributed by atoms with Gasteiger partial charge in [-0.3, -0.25) is 9.80 Å². The lowest BCUT2D eigenvalue weighted by Gasteiger charge is -2.48. The maximum absolute atomic E-state index is 17.6. The van der Waals surface area contributed by atoms with Gasteiger partial charge >= 0.3 is 11.8 Å². The molecule has 4 fully saturated rings. The normalized spacial score (nSPS) is 25.9. The van der Waals surface area contributed by atoms with E-state index in [9.17, 15) is 9.18 Å². The summed E-state index contributed by atoms with van der Waals surface area (Å²) in [7, 11) is 0. The van der Waals surface area contributed by atoms with Crippen LogP contribution in [-0.2, 0) is 13.0 Å². The van der Waals surface area contributed by atoms with Gasteiger partial charge in [-0.25, -0.2) is 22.9 Å². The Morgan fingerprint density at radius 3 is 2.75 bits per heavy atom. The lowest BCUT2D eigenvalue weighted by molar-refractivity contribution is 0.106. The number of fused-ring (bicyclic) bond motifs is 7. The molecule has 8 heterocycles. The number of aromatic nitrogens is 3. The molecule has 0 amide bonds. The van der Waals surface area contributed by atoms with Crippen LogP contribution in [0.4, 0.5) is 24.7 Å². The van der Waals surface area contributed by atoms with E-state index in [1.54, 1.807) is 18.2 Å². The molecule has 0 radical (unpaired) electrons. The van der Waals surface area contributed by atoms with Gasteiger partial charge in [0.2, 0.25) is 0 Å². The molecule has 0 aliphatic carbocycles. The highest BCUT2D eigenvalue weighted by atomic mass is 19.1. The minimum absolute atomic E-state index is 0.00298. The van der Waals surface area contributed by atoms with E-state index in [0.29, 0.717) is 77.4 Å². The van der Waals surface area contributed by atoms with E-state index in [-0.39, 0.29) is 59.0 Å². The number of nitrogens with two attached hydrogens (primary N) is 1. The second-order valence-corrected chi connectivity index (χ2v) is 16.9. The van der Waals surface area contributed by atoms with Crippen LogP contribution in [0.25, 0.3) is 32.9 Å². The predicted molar refractivity (Wildman–Crippen MR) is 209 cm³/mol. The molecule has 0 spiro atoms. The van der Waals surface area contributed by atoms with Crippen molar-refractivity contribution in [2.45, 2.75) is 108 Å². The summed E-state index contributed by atoms with van der Waals surface area (Å²) in [4.78, 5) is 33.9. The number of anilines is 2. The van der Waals surface area contributed by atoms with Crippen molar-refractivity contribution >= 4 is 33.2 Å². The largest absolute Gasteiger partial charge is 0.519 e. The Morgan fingerprint density at radius 2 is 1.93 bits per heavy atom. The van der Waals surface area contributed by atoms with Crippen LogP contribution in [0, 0.1) is 24.0 Å². The number of ether oxygens (including phenoxy) is 1. The summed E-state index contributed by atoms with van der Waals surface area (Å²) in [5, 5.41) is 1.40. The van der Waals surface area contributed by atoms with Crippen molar-refractivity contribution < 1.29 is 26.7 Å². The van der Waals surface area contributed by atoms with Crippen molar-refractivity contribution in [2.24, 2.45) is 0 Å². The molecule has 5 aliphatic rings. The number of halogens is 3. The van der Waals surface area contributed by atoms with Crippen LogP contribution >= 0.6 is 0 Å². The van der Waals surface area contributed by atoms with Crippen LogP contribution in [0.1, 0.15) is 87.5 Å². The average molecular weight is 780 g/mol. The Morgan fingerprint density at radius 1 is 1.07 bits per heavy atom. The lowest BCUT2D eigenvalue weighted by atomic mass is 9.92. The summed E-state index contributed by atoms with van der Waals surface area (Å²) in [6.45, 7) is 6.32. The van der Waals surface area contributed by atoms with Crippen molar-refractivity contribution in [1.29, 1.82) is 0 Å². The van der Waals surface area contributed by atoms with Gasteiger partial charge in [0.15, 0.2) is 17.3 Å². The zero-order valence-electron chi connectivity index (χ0n) is 32.0. The highest BCUT2D eigenvalue weighted by Crippen LogP contribution is 2.46. The van der Waals surface area contributed by atoms with Gasteiger partial charge in [0.05, 0.1) is 28.7 Å². The van der Waals surface area contributed by atoms with E-state index in [4.69, 9.17) is 40.7 Å². The van der Waals surface area contributed by atoms with Gasteiger partial charge in [-0.1, -0.05) is 25.8 Å². The fourth-order valence-electron chi connectivity index (χ4n) is 10.8. The Labute approximate surface area is 327 Å². The van der Waals surface area contributed by atoms with Gasteiger partial charge in [-0.05, 0) is 75.1 Å². The number of aryl methyl sites for hydroxylation is 1. The SMILES string of the molecule is C#Cc1c(F)ccc2cc(N)cc(-c3nc4c5c(nc(OC[C@@]67CCCN6C[C@H](F)C7)nc5c3F)N3C[C@H]5CC[C@@H]([C@H]3CCC4)N5Cc3oc(=O)oc3C(C)C)c12. The molecule has 14 heteroatoms. The average Bonchev–Trinajstić information content (AvgIpc) is 3.91. The van der Waals surface area contributed by atoms with Crippen molar-refractivity contribution in [3.63, 3.8) is 0 Å². The molecule has 5 atom stereocenters. The Hall–Kier alpha value is -5.13. The number of nitrogens with zero attached hydrogens (tertiary/aromatic N) is 6. The molecule has 2 bridgehead atoms. The first kappa shape index (κ1) is 36.2. The molecule has 296 valence electrons. The maximum atomic E-state index is 17.6. The Balaban J connectivity index is 1.12. The summed E-state index contributed by atoms with van der Waals surface area (Å²) in [5.74, 6) is 2.09. The van der Waals surface area contributed by atoms with Gasteiger partial charge in [0, 0.05) is 60.2 Å². The molecule has 5 aromatic rings. The van der Waals surface area contributed by atoms with Crippen molar-refractivity contribution in [3.05, 3.63) is 69.3 Å². The van der Waals surface area contributed by atoms with E-state index in [0.717, 1.165) is 45.1 Å². The lowest BCUT2D eigenvalue weighted by Crippen LogP contribution is -2.60. The molecule has 57 heavy (non-hydrogen) atoms. The number of hydrogen-bond acceptors (Lipinski definition) is 11. The monoisotopic (exact) mass is 779 g/mol. The van der Waals surface area contributed by atoms with E-state index in [2.05, 4.69) is 20.6 Å². The minimum Gasteiger partial charge on any atom is -0.461 e. The van der Waals surface area contributed by atoms with Crippen LogP contribution in [0.3, 0.4) is 0 Å². The van der Waals surface area contributed by atoms with Gasteiger partial charge in [0.25, 0.3) is 0 Å². The second-order valence-electron chi connectivity index (χ2n) is 16.9. The summed E-state index contributed by atoms with van der Waals surface area (Å²) in [5.41, 5.74) is 7.12. The number of alkyl halides is 1. The Bertz CT molecular complexity index is 2550. The van der Waals surface area contributed by atoms with Crippen molar-refractivity contribution in [1.82, 2.24) is 24.8 Å². The molecular weight excluding hydrogens is 736 g/mol. The molecule has 4 saturated heterocycles. The number of pyridine rings is 1. The van der Waals surface area contributed by atoms with Gasteiger partial charge in [-0.2, -0.15) is 9.97 Å². The quantitative estimate of drug-likeness (QED) is 0.137. The topological polar surface area (TPSA) is 127 Å². The molecule has 3 aromatic heterocycles. The number of nitrogen functional groups attached to an aromatic ring is 1. The second kappa shape index (κ2) is 13.5. The first-order valence-corrected chi connectivity index (χ1v) is 20.1. The molecule has 2 N–H and O–H groups in total. The first-order chi connectivity index (χ1) is 27.5. The van der Waals surface area contributed by atoms with E-state index < -0.39 is 29.2 Å². The van der Waals surface area contributed by atoms with Crippen LogP contribution in [0.15, 0.2) is 37.9 Å². The van der Waals surface area contributed by atoms with E-state index >= 15 is 8.78 Å². The number of piperazine rings is 1. The Kier molecular flexibility index (Phi) is 8.57. The minimum atomic E-state index is -0.946. The van der Waals surface area contributed by atoms with Gasteiger partial charge in [-0.15, -0.1) is 6.42 Å². The molecule has 5 aliphatic heterocycles. The summed E-state index contributed by atoms with van der Waals surface area (Å²) in [6, 6.07) is 6.30. The standard InChI is InChI=1S/C43H44F3N7O4/c1-4-27-29(45)11-9-23-15-25(47)16-28(34(23)27)37-36(46)38-35-30(48-37)7-5-8-31-32-12-10-26(52(32)20-33-39(22(2)3)57-42(54)56-33)19-53(31)40(35)50-41(49-38)55-21-43-13-6-14-51(43)18-24(44)17-43/h1,9,11,15-16,22,24,26,31-32H,5-8,10,12-14,17-21,47H2,2-3H3/t24-,26-,31-,32+,43+/m1/s1. The summed E-state index contributed by atoms with van der Waals surface area (Å²) in [6.07, 6.45) is 10.9. The van der Waals surface area contributed by atoms with Crippen LogP contribution < -0.4 is 21.2 Å².